The molecule has 1 N–H and O–H groups in total. The molecule has 0 bridgehead atoms. The lowest BCUT2D eigenvalue weighted by molar-refractivity contribution is -0.138. The van der Waals surface area contributed by atoms with Crippen molar-refractivity contribution in [2.75, 3.05) is 0 Å². The third kappa shape index (κ3) is 2.43. The van der Waals surface area contributed by atoms with E-state index in [0.717, 1.165) is 21.8 Å². The van der Waals surface area contributed by atoms with Crippen LogP contribution in [0.2, 0.25) is 0 Å². The molecule has 1 aromatic carbocycles. The van der Waals surface area contributed by atoms with Crippen molar-refractivity contribution in [3.05, 3.63) is 40.4 Å². The number of carboxylic acid groups (broad SMARTS) is 1. The number of aliphatic carboxylic acids is 1. The van der Waals surface area contributed by atoms with Crippen molar-refractivity contribution < 1.29 is 9.90 Å². The van der Waals surface area contributed by atoms with Crippen molar-refractivity contribution in [3.8, 4) is 10.6 Å². The molecule has 4 heteroatoms. The number of aryl methyl sites for hydroxylation is 2. The third-order valence-corrected chi connectivity index (χ3v) is 4.18. The van der Waals surface area contributed by atoms with Crippen molar-refractivity contribution in [3.63, 3.8) is 0 Å². The average molecular weight is 261 g/mol. The van der Waals surface area contributed by atoms with Crippen LogP contribution >= 0.6 is 11.3 Å². The van der Waals surface area contributed by atoms with Crippen molar-refractivity contribution >= 4 is 17.3 Å². The van der Waals surface area contributed by atoms with Gasteiger partial charge in [0, 0.05) is 10.4 Å². The first-order chi connectivity index (χ1) is 8.49. The van der Waals surface area contributed by atoms with Crippen LogP contribution in [0.5, 0.6) is 0 Å². The average Bonchev–Trinajstić information content (AvgIpc) is 2.69. The number of carboxylic acids is 1. The smallest absolute Gasteiger partial charge is 0.310 e. The Balaban J connectivity index is 2.30. The van der Waals surface area contributed by atoms with Crippen LogP contribution < -0.4 is 0 Å². The number of benzene rings is 1. The van der Waals surface area contributed by atoms with Gasteiger partial charge in [0.15, 0.2) is 0 Å². The Hall–Kier alpha value is -1.68. The van der Waals surface area contributed by atoms with Crippen molar-refractivity contribution in [2.45, 2.75) is 26.7 Å². The van der Waals surface area contributed by atoms with Gasteiger partial charge in [0.25, 0.3) is 0 Å². The fourth-order valence-corrected chi connectivity index (χ4v) is 2.57. The summed E-state index contributed by atoms with van der Waals surface area (Å²) >= 11 is 1.66. The lowest BCUT2D eigenvalue weighted by atomic mass is 10.0. The van der Waals surface area contributed by atoms with Gasteiger partial charge in [-0.2, -0.15) is 0 Å². The molecule has 0 radical (unpaired) electrons. The molecule has 0 amide bonds. The summed E-state index contributed by atoms with van der Waals surface area (Å²) in [7, 11) is 0. The summed E-state index contributed by atoms with van der Waals surface area (Å²) in [5.41, 5.74) is 2.91. The molecule has 0 saturated heterocycles. The topological polar surface area (TPSA) is 50.2 Å². The Morgan fingerprint density at radius 1 is 1.28 bits per heavy atom. The Bertz CT molecular complexity index is 552. The van der Waals surface area contributed by atoms with Crippen LogP contribution in [0.3, 0.4) is 0 Å². The van der Waals surface area contributed by atoms with Gasteiger partial charge in [-0.15, -0.1) is 11.3 Å². The van der Waals surface area contributed by atoms with Crippen molar-refractivity contribution in [1.82, 2.24) is 4.98 Å². The van der Waals surface area contributed by atoms with E-state index in [1.807, 2.05) is 31.2 Å². The van der Waals surface area contributed by atoms with E-state index in [4.69, 9.17) is 5.11 Å². The van der Waals surface area contributed by atoms with Crippen molar-refractivity contribution in [2.24, 2.45) is 0 Å². The first-order valence-corrected chi connectivity index (χ1v) is 6.58. The number of rotatable bonds is 3. The van der Waals surface area contributed by atoms with Gasteiger partial charge in [-0.3, -0.25) is 4.79 Å². The fraction of sp³-hybridized carbons (Fsp3) is 0.286. The predicted octanol–water partition coefficient (Wildman–Crippen LogP) is 3.62. The third-order valence-electron chi connectivity index (χ3n) is 3.06. The standard InChI is InChI=1S/C14H15NO2S/c1-8(14(16)17)11-4-6-12(7-5-11)13-15-9(2)10(3)18-13/h4-8H,1-3H3,(H,16,17). The van der Waals surface area contributed by atoms with Gasteiger partial charge in [-0.05, 0) is 26.3 Å². The quantitative estimate of drug-likeness (QED) is 0.918. The van der Waals surface area contributed by atoms with Gasteiger partial charge in [-0.25, -0.2) is 4.98 Å². The highest BCUT2D eigenvalue weighted by Gasteiger charge is 2.14. The molecule has 2 rings (SSSR count). The summed E-state index contributed by atoms with van der Waals surface area (Å²) in [6, 6.07) is 7.60. The second kappa shape index (κ2) is 4.90. The number of hydrogen-bond acceptors (Lipinski definition) is 3. The van der Waals surface area contributed by atoms with Crippen LogP contribution in [-0.4, -0.2) is 16.1 Å². The molecule has 0 aliphatic carbocycles. The summed E-state index contributed by atoms with van der Waals surface area (Å²) in [6.45, 7) is 5.74. The molecular weight excluding hydrogens is 246 g/mol. The summed E-state index contributed by atoms with van der Waals surface area (Å²) in [5.74, 6) is -1.28. The maximum Gasteiger partial charge on any atom is 0.310 e. The number of carbonyl (C=O) groups is 1. The minimum Gasteiger partial charge on any atom is -0.481 e. The second-order valence-electron chi connectivity index (χ2n) is 4.34. The molecule has 1 unspecified atom stereocenters. The molecule has 1 heterocycles. The van der Waals surface area contributed by atoms with E-state index in [2.05, 4.69) is 11.9 Å². The molecule has 18 heavy (non-hydrogen) atoms. The van der Waals surface area contributed by atoms with Crippen LogP contribution in [0.1, 0.15) is 29.0 Å². The molecular formula is C14H15NO2S. The highest BCUT2D eigenvalue weighted by Crippen LogP contribution is 2.28. The lowest BCUT2D eigenvalue weighted by Gasteiger charge is -2.06. The lowest BCUT2D eigenvalue weighted by Crippen LogP contribution is -2.06. The normalized spacial score (nSPS) is 12.4. The zero-order valence-corrected chi connectivity index (χ0v) is 11.4. The van der Waals surface area contributed by atoms with E-state index in [1.54, 1.807) is 18.3 Å². The van der Waals surface area contributed by atoms with Crippen LogP contribution in [0.15, 0.2) is 24.3 Å². The zero-order valence-electron chi connectivity index (χ0n) is 10.6. The van der Waals surface area contributed by atoms with Crippen molar-refractivity contribution in [1.29, 1.82) is 0 Å². The number of thiazole rings is 1. The summed E-state index contributed by atoms with van der Waals surface area (Å²) < 4.78 is 0. The molecule has 1 aromatic heterocycles. The molecule has 0 fully saturated rings. The van der Waals surface area contributed by atoms with Gasteiger partial charge in [-0.1, -0.05) is 24.3 Å². The Kier molecular flexibility index (Phi) is 3.48. The first kappa shape index (κ1) is 12.8. The molecule has 2 aromatic rings. The van der Waals surface area contributed by atoms with Gasteiger partial charge < -0.3 is 5.11 Å². The second-order valence-corrected chi connectivity index (χ2v) is 5.55. The SMILES string of the molecule is Cc1nc(-c2ccc(C(C)C(=O)O)cc2)sc1C. The highest BCUT2D eigenvalue weighted by atomic mass is 32.1. The Morgan fingerprint density at radius 3 is 2.33 bits per heavy atom. The van der Waals surface area contributed by atoms with Gasteiger partial charge >= 0.3 is 5.97 Å². The molecule has 1 atom stereocenters. The molecule has 94 valence electrons. The fourth-order valence-electron chi connectivity index (χ4n) is 1.65. The maximum absolute atomic E-state index is 10.9. The minimum atomic E-state index is -0.802. The monoisotopic (exact) mass is 261 g/mol. The van der Waals surface area contributed by atoms with Crippen LogP contribution in [0, 0.1) is 13.8 Å². The molecule has 0 saturated carbocycles. The van der Waals surface area contributed by atoms with Gasteiger partial charge in [0.2, 0.25) is 0 Å². The van der Waals surface area contributed by atoms with Crippen LogP contribution in [0.25, 0.3) is 10.6 Å². The zero-order chi connectivity index (χ0) is 13.3. The molecule has 0 aliphatic heterocycles. The predicted molar refractivity (Wildman–Crippen MR) is 73.1 cm³/mol. The number of aromatic nitrogens is 1. The van der Waals surface area contributed by atoms with Crippen LogP contribution in [-0.2, 0) is 4.79 Å². The minimum absolute atomic E-state index is 0.473. The maximum atomic E-state index is 10.9. The molecule has 3 nitrogen and oxygen atoms in total. The Morgan fingerprint density at radius 2 is 1.89 bits per heavy atom. The number of hydrogen-bond donors (Lipinski definition) is 1. The van der Waals surface area contributed by atoms with Crippen LogP contribution in [0.4, 0.5) is 0 Å². The number of nitrogens with zero attached hydrogens (tertiary/aromatic N) is 1. The van der Waals surface area contributed by atoms with E-state index < -0.39 is 11.9 Å². The summed E-state index contributed by atoms with van der Waals surface area (Å²) in [6.07, 6.45) is 0. The van der Waals surface area contributed by atoms with E-state index in [1.165, 1.54) is 4.88 Å². The van der Waals surface area contributed by atoms with E-state index in [9.17, 15) is 4.79 Å². The summed E-state index contributed by atoms with van der Waals surface area (Å²) in [4.78, 5) is 16.6. The van der Waals surface area contributed by atoms with E-state index in [-0.39, 0.29) is 0 Å². The first-order valence-electron chi connectivity index (χ1n) is 5.76. The summed E-state index contributed by atoms with van der Waals surface area (Å²) in [5, 5.41) is 9.94. The van der Waals surface area contributed by atoms with E-state index in [0.29, 0.717) is 0 Å². The van der Waals surface area contributed by atoms with Gasteiger partial charge in [0.05, 0.1) is 11.6 Å². The van der Waals surface area contributed by atoms with E-state index >= 15 is 0 Å². The highest BCUT2D eigenvalue weighted by molar-refractivity contribution is 7.15. The molecule has 0 aliphatic rings. The Labute approximate surface area is 110 Å². The molecule has 0 spiro atoms. The largest absolute Gasteiger partial charge is 0.481 e. The van der Waals surface area contributed by atoms with Gasteiger partial charge in [0.1, 0.15) is 5.01 Å².